The largest absolute Gasteiger partial charge is 0.444 e. The average Bonchev–Trinajstić information content (AvgIpc) is 2.41. The number of rotatable bonds is 5. The smallest absolute Gasteiger partial charge is 0.408 e. The van der Waals surface area contributed by atoms with Crippen molar-refractivity contribution in [3.05, 3.63) is 47.5 Å². The lowest BCUT2D eigenvalue weighted by Crippen LogP contribution is -2.36. The predicted octanol–water partition coefficient (Wildman–Crippen LogP) is 3.79. The molecule has 0 aliphatic heterocycles. The summed E-state index contributed by atoms with van der Waals surface area (Å²) < 4.78 is 5.27. The Hall–Kier alpha value is -2.10. The number of benzene rings is 1. The van der Waals surface area contributed by atoms with Gasteiger partial charge in [-0.2, -0.15) is 0 Å². The zero-order valence-corrected chi connectivity index (χ0v) is 13.1. The molecule has 0 aromatic heterocycles. The van der Waals surface area contributed by atoms with E-state index >= 15 is 0 Å². The first-order valence-corrected chi connectivity index (χ1v) is 7.07. The van der Waals surface area contributed by atoms with Gasteiger partial charge < -0.3 is 10.1 Å². The van der Waals surface area contributed by atoms with E-state index in [2.05, 4.69) is 5.32 Å². The normalized spacial score (nSPS) is 13.4. The Labute approximate surface area is 126 Å². The van der Waals surface area contributed by atoms with Crippen LogP contribution in [-0.2, 0) is 9.53 Å². The highest BCUT2D eigenvalue weighted by molar-refractivity contribution is 5.78. The summed E-state index contributed by atoms with van der Waals surface area (Å²) in [5.41, 5.74) is 0.783. The molecular weight excluding hydrogens is 266 g/mol. The van der Waals surface area contributed by atoms with Crippen LogP contribution < -0.4 is 5.32 Å². The van der Waals surface area contributed by atoms with Gasteiger partial charge in [0.05, 0.1) is 6.04 Å². The SMILES string of the molecule is CC/C=C(\C=O)[C@H](NC(=O)OC(C)(C)C)c1ccccc1. The van der Waals surface area contributed by atoms with Crippen molar-refractivity contribution in [2.24, 2.45) is 0 Å². The van der Waals surface area contributed by atoms with Gasteiger partial charge in [0.1, 0.15) is 11.9 Å². The Morgan fingerprint density at radius 1 is 1.29 bits per heavy atom. The molecule has 0 aliphatic rings. The van der Waals surface area contributed by atoms with Crippen molar-refractivity contribution < 1.29 is 14.3 Å². The predicted molar refractivity (Wildman–Crippen MR) is 83.0 cm³/mol. The number of aldehydes is 1. The van der Waals surface area contributed by atoms with E-state index in [1.807, 2.05) is 43.3 Å². The molecule has 0 aliphatic carbocycles. The molecule has 0 spiro atoms. The summed E-state index contributed by atoms with van der Waals surface area (Å²) in [4.78, 5) is 23.3. The van der Waals surface area contributed by atoms with Crippen molar-refractivity contribution in [1.29, 1.82) is 0 Å². The van der Waals surface area contributed by atoms with Crippen LogP contribution in [0.5, 0.6) is 0 Å². The van der Waals surface area contributed by atoms with E-state index < -0.39 is 17.7 Å². The molecule has 0 heterocycles. The van der Waals surface area contributed by atoms with E-state index in [4.69, 9.17) is 4.74 Å². The Balaban J connectivity index is 3.01. The van der Waals surface area contributed by atoms with Gasteiger partial charge in [0.15, 0.2) is 0 Å². The van der Waals surface area contributed by atoms with Crippen LogP contribution in [-0.4, -0.2) is 18.0 Å². The molecular formula is C17H23NO3. The molecule has 0 fully saturated rings. The first-order valence-electron chi connectivity index (χ1n) is 7.07. The summed E-state index contributed by atoms with van der Waals surface area (Å²) >= 11 is 0. The maximum absolute atomic E-state index is 12.0. The highest BCUT2D eigenvalue weighted by atomic mass is 16.6. The first kappa shape index (κ1) is 17.0. The third kappa shape index (κ3) is 5.81. The summed E-state index contributed by atoms with van der Waals surface area (Å²) in [5, 5.41) is 2.76. The minimum atomic E-state index is -0.582. The van der Waals surface area contributed by atoms with Gasteiger partial charge in [-0.05, 0) is 32.8 Å². The Morgan fingerprint density at radius 3 is 2.38 bits per heavy atom. The third-order valence-corrected chi connectivity index (χ3v) is 2.70. The van der Waals surface area contributed by atoms with Gasteiger partial charge in [0.2, 0.25) is 0 Å². The summed E-state index contributed by atoms with van der Waals surface area (Å²) in [7, 11) is 0. The number of allylic oxidation sites excluding steroid dienone is 1. The van der Waals surface area contributed by atoms with Crippen molar-refractivity contribution in [3.8, 4) is 0 Å². The number of ether oxygens (including phenoxy) is 1. The zero-order chi connectivity index (χ0) is 15.9. The van der Waals surface area contributed by atoms with E-state index in [1.54, 1.807) is 20.8 Å². The quantitative estimate of drug-likeness (QED) is 0.663. The minimum absolute atomic E-state index is 0.501. The van der Waals surface area contributed by atoms with Crippen LogP contribution in [0, 0.1) is 0 Å². The molecule has 1 amide bonds. The van der Waals surface area contributed by atoms with Gasteiger partial charge in [-0.15, -0.1) is 0 Å². The summed E-state index contributed by atoms with van der Waals surface area (Å²) in [6.45, 7) is 7.34. The number of carbonyl (C=O) groups excluding carboxylic acids is 2. The monoisotopic (exact) mass is 289 g/mol. The van der Waals surface area contributed by atoms with E-state index in [1.165, 1.54) is 0 Å². The Morgan fingerprint density at radius 2 is 1.90 bits per heavy atom. The lowest BCUT2D eigenvalue weighted by molar-refractivity contribution is -0.105. The number of carbonyl (C=O) groups is 2. The molecule has 0 saturated carbocycles. The summed E-state index contributed by atoms with van der Waals surface area (Å²) in [6.07, 6.45) is 2.76. The molecule has 4 heteroatoms. The molecule has 21 heavy (non-hydrogen) atoms. The van der Waals surface area contributed by atoms with E-state index in [-0.39, 0.29) is 0 Å². The number of hydrogen-bond donors (Lipinski definition) is 1. The van der Waals surface area contributed by atoms with Crippen molar-refractivity contribution in [2.45, 2.75) is 45.8 Å². The molecule has 1 aromatic carbocycles. The zero-order valence-electron chi connectivity index (χ0n) is 13.1. The van der Waals surface area contributed by atoms with Crippen LogP contribution in [0.25, 0.3) is 0 Å². The second-order valence-corrected chi connectivity index (χ2v) is 5.72. The summed E-state index contributed by atoms with van der Waals surface area (Å²) in [6, 6.07) is 8.86. The molecule has 114 valence electrons. The maximum Gasteiger partial charge on any atom is 0.408 e. The van der Waals surface area contributed by atoms with Crippen LogP contribution in [0.2, 0.25) is 0 Å². The second kappa shape index (κ2) is 7.62. The molecule has 1 aromatic rings. The van der Waals surface area contributed by atoms with Crippen molar-refractivity contribution in [1.82, 2.24) is 5.32 Å². The van der Waals surface area contributed by atoms with Crippen molar-refractivity contribution in [3.63, 3.8) is 0 Å². The van der Waals surface area contributed by atoms with Crippen LogP contribution >= 0.6 is 0 Å². The fourth-order valence-electron chi connectivity index (χ4n) is 1.90. The Bertz CT molecular complexity index is 501. The van der Waals surface area contributed by atoms with Gasteiger partial charge in [-0.25, -0.2) is 4.79 Å². The van der Waals surface area contributed by atoms with Gasteiger partial charge in [-0.1, -0.05) is 43.3 Å². The molecule has 1 N–H and O–H groups in total. The van der Waals surface area contributed by atoms with Gasteiger partial charge in [0.25, 0.3) is 0 Å². The third-order valence-electron chi connectivity index (χ3n) is 2.70. The standard InChI is InChI=1S/C17H23NO3/c1-5-9-14(12-19)15(13-10-7-6-8-11-13)18-16(20)21-17(2,3)4/h6-12,15H,5H2,1-4H3,(H,18,20)/b14-9+/t15-/m1/s1. The molecule has 4 nitrogen and oxygen atoms in total. The number of nitrogens with one attached hydrogen (secondary N) is 1. The second-order valence-electron chi connectivity index (χ2n) is 5.72. The fraction of sp³-hybridized carbons (Fsp3) is 0.412. The first-order chi connectivity index (χ1) is 9.87. The van der Waals surface area contributed by atoms with Gasteiger partial charge in [0, 0.05) is 5.57 Å². The molecule has 1 rings (SSSR count). The lowest BCUT2D eigenvalue weighted by atomic mass is 9.99. The highest BCUT2D eigenvalue weighted by Gasteiger charge is 2.22. The number of amides is 1. The van der Waals surface area contributed by atoms with Crippen LogP contribution in [0.1, 0.15) is 45.7 Å². The fourth-order valence-corrected chi connectivity index (χ4v) is 1.90. The minimum Gasteiger partial charge on any atom is -0.444 e. The Kier molecular flexibility index (Phi) is 6.15. The van der Waals surface area contributed by atoms with E-state index in [9.17, 15) is 9.59 Å². The van der Waals surface area contributed by atoms with Gasteiger partial charge >= 0.3 is 6.09 Å². The molecule has 0 unspecified atom stereocenters. The average molecular weight is 289 g/mol. The van der Waals surface area contributed by atoms with Gasteiger partial charge in [-0.3, -0.25) is 4.79 Å². The molecule has 0 bridgehead atoms. The van der Waals surface area contributed by atoms with Crippen LogP contribution in [0.4, 0.5) is 4.79 Å². The lowest BCUT2D eigenvalue weighted by Gasteiger charge is -2.24. The molecule has 0 saturated heterocycles. The maximum atomic E-state index is 12.0. The van der Waals surface area contributed by atoms with E-state index in [0.717, 1.165) is 11.8 Å². The topological polar surface area (TPSA) is 55.4 Å². The van der Waals surface area contributed by atoms with Crippen molar-refractivity contribution in [2.75, 3.05) is 0 Å². The van der Waals surface area contributed by atoms with Crippen LogP contribution in [0.15, 0.2) is 42.0 Å². The number of hydrogen-bond acceptors (Lipinski definition) is 3. The molecule has 1 atom stereocenters. The summed E-state index contributed by atoms with van der Waals surface area (Å²) in [5.74, 6) is 0. The van der Waals surface area contributed by atoms with Crippen molar-refractivity contribution >= 4 is 12.4 Å². The van der Waals surface area contributed by atoms with E-state index in [0.29, 0.717) is 12.0 Å². The van der Waals surface area contributed by atoms with Crippen LogP contribution in [0.3, 0.4) is 0 Å². The molecule has 0 radical (unpaired) electrons. The highest BCUT2D eigenvalue weighted by Crippen LogP contribution is 2.21. The number of alkyl carbamates (subject to hydrolysis) is 1.